The minimum absolute atomic E-state index is 0.106. The number of carbonyl (C=O) groups is 2. The molecule has 0 unspecified atom stereocenters. The Balaban J connectivity index is 1.15. The average Bonchev–Trinajstić information content (AvgIpc) is 3.42. The minimum atomic E-state index is -0.293. The molecule has 1 fully saturated rings. The van der Waals surface area contributed by atoms with Crippen molar-refractivity contribution >= 4 is 38.5 Å². The van der Waals surface area contributed by atoms with Gasteiger partial charge in [0.25, 0.3) is 5.91 Å². The molecule has 174 valence electrons. The van der Waals surface area contributed by atoms with Gasteiger partial charge in [0.1, 0.15) is 10.8 Å². The third-order valence-electron chi connectivity index (χ3n) is 5.40. The zero-order valence-corrected chi connectivity index (χ0v) is 19.2. The summed E-state index contributed by atoms with van der Waals surface area (Å²) in [6, 6.07) is 8.69. The maximum atomic E-state index is 12.5. The molecule has 11 heteroatoms. The van der Waals surface area contributed by atoms with Crippen molar-refractivity contribution in [1.29, 1.82) is 0 Å². The van der Waals surface area contributed by atoms with Gasteiger partial charge >= 0.3 is 0 Å². The number of amides is 2. The summed E-state index contributed by atoms with van der Waals surface area (Å²) in [6.07, 6.45) is 5.21. The van der Waals surface area contributed by atoms with Gasteiger partial charge in [-0.05, 0) is 37.5 Å². The molecule has 0 radical (unpaired) electrons. The molecule has 5 rings (SSSR count). The van der Waals surface area contributed by atoms with Crippen molar-refractivity contribution < 1.29 is 18.8 Å². The molecule has 1 saturated carbocycles. The largest absolute Gasteiger partial charge is 0.473 e. The molecule has 1 aromatic carbocycles. The fourth-order valence-electron chi connectivity index (χ4n) is 3.41. The first-order valence-corrected chi connectivity index (χ1v) is 11.8. The quantitative estimate of drug-likeness (QED) is 0.391. The summed E-state index contributed by atoms with van der Waals surface area (Å²) in [6.45, 7) is 1.88. The highest BCUT2D eigenvalue weighted by atomic mass is 32.1. The topological polar surface area (TPSA) is 132 Å². The first-order valence-electron chi connectivity index (χ1n) is 11.0. The number of aryl methyl sites for hydroxylation is 1. The molecule has 0 saturated heterocycles. The summed E-state index contributed by atoms with van der Waals surface area (Å²) in [5.74, 6) is 0.885. The molecule has 0 atom stereocenters. The minimum Gasteiger partial charge on any atom is -0.473 e. The van der Waals surface area contributed by atoms with Gasteiger partial charge in [0.2, 0.25) is 23.5 Å². The Hall–Kier alpha value is -3.86. The number of carbonyl (C=O) groups excluding carboxylic acids is 2. The number of pyridine rings is 1. The molecular weight excluding hydrogens is 456 g/mol. The molecule has 3 heterocycles. The Morgan fingerprint density at radius 1 is 1.24 bits per heavy atom. The lowest BCUT2D eigenvalue weighted by atomic mass is 9.96. The SMILES string of the molecule is Cc1nc(-c2cccc(C(=O)NCCC(=O)Nc3nc4ccnc(OC5CCC5)c4s3)c2)no1. The van der Waals surface area contributed by atoms with E-state index >= 15 is 0 Å². The van der Waals surface area contributed by atoms with Crippen molar-refractivity contribution in [1.82, 2.24) is 25.4 Å². The number of hydrogen-bond acceptors (Lipinski definition) is 9. The Bertz CT molecular complexity index is 1350. The number of anilines is 1. The summed E-state index contributed by atoms with van der Waals surface area (Å²) in [5.41, 5.74) is 1.85. The highest BCUT2D eigenvalue weighted by molar-refractivity contribution is 7.22. The van der Waals surface area contributed by atoms with E-state index in [9.17, 15) is 9.59 Å². The number of benzene rings is 1. The number of thiazole rings is 1. The van der Waals surface area contributed by atoms with Crippen LogP contribution in [0.15, 0.2) is 41.1 Å². The third kappa shape index (κ3) is 4.88. The van der Waals surface area contributed by atoms with Gasteiger partial charge in [-0.2, -0.15) is 4.98 Å². The third-order valence-corrected chi connectivity index (χ3v) is 6.37. The van der Waals surface area contributed by atoms with Crippen molar-refractivity contribution in [3.05, 3.63) is 48.0 Å². The van der Waals surface area contributed by atoms with Gasteiger partial charge in [0, 0.05) is 37.2 Å². The normalized spacial score (nSPS) is 13.4. The van der Waals surface area contributed by atoms with Crippen LogP contribution in [0.1, 0.15) is 41.9 Å². The second-order valence-electron chi connectivity index (χ2n) is 7.93. The molecule has 4 aromatic rings. The summed E-state index contributed by atoms with van der Waals surface area (Å²) in [7, 11) is 0. The van der Waals surface area contributed by atoms with Crippen molar-refractivity contribution in [2.75, 3.05) is 11.9 Å². The van der Waals surface area contributed by atoms with E-state index < -0.39 is 0 Å². The van der Waals surface area contributed by atoms with E-state index in [1.165, 1.54) is 17.8 Å². The zero-order chi connectivity index (χ0) is 23.5. The fourth-order valence-corrected chi connectivity index (χ4v) is 4.31. The van der Waals surface area contributed by atoms with Crippen LogP contribution in [0.2, 0.25) is 0 Å². The maximum absolute atomic E-state index is 12.5. The van der Waals surface area contributed by atoms with Gasteiger partial charge in [0.05, 0.1) is 5.52 Å². The smallest absolute Gasteiger partial charge is 0.251 e. The van der Waals surface area contributed by atoms with E-state index in [0.29, 0.717) is 33.9 Å². The Labute approximate surface area is 198 Å². The van der Waals surface area contributed by atoms with Gasteiger partial charge < -0.3 is 19.9 Å². The highest BCUT2D eigenvalue weighted by Gasteiger charge is 2.22. The van der Waals surface area contributed by atoms with Crippen molar-refractivity contribution in [3.63, 3.8) is 0 Å². The molecule has 2 amide bonds. The summed E-state index contributed by atoms with van der Waals surface area (Å²) >= 11 is 1.33. The van der Waals surface area contributed by atoms with Crippen LogP contribution in [0.25, 0.3) is 21.6 Å². The number of aromatic nitrogens is 4. The van der Waals surface area contributed by atoms with E-state index in [2.05, 4.69) is 30.7 Å². The Kier molecular flexibility index (Phi) is 6.17. The van der Waals surface area contributed by atoms with Crippen LogP contribution in [0.4, 0.5) is 5.13 Å². The highest BCUT2D eigenvalue weighted by Crippen LogP contribution is 2.34. The van der Waals surface area contributed by atoms with E-state index in [1.807, 2.05) is 0 Å². The molecule has 0 aliphatic heterocycles. The van der Waals surface area contributed by atoms with Crippen LogP contribution in [0.3, 0.4) is 0 Å². The lowest BCUT2D eigenvalue weighted by Gasteiger charge is -2.25. The van der Waals surface area contributed by atoms with E-state index in [1.54, 1.807) is 43.5 Å². The number of fused-ring (bicyclic) bond motifs is 1. The summed E-state index contributed by atoms with van der Waals surface area (Å²) in [5, 5.41) is 9.89. The number of ether oxygens (including phenoxy) is 1. The van der Waals surface area contributed by atoms with Gasteiger partial charge in [-0.1, -0.05) is 28.6 Å². The van der Waals surface area contributed by atoms with Crippen LogP contribution in [-0.2, 0) is 4.79 Å². The fraction of sp³-hybridized carbons (Fsp3) is 0.304. The van der Waals surface area contributed by atoms with Gasteiger partial charge in [-0.15, -0.1) is 0 Å². The predicted octanol–water partition coefficient (Wildman–Crippen LogP) is 3.74. The second kappa shape index (κ2) is 9.56. The molecule has 10 nitrogen and oxygen atoms in total. The first kappa shape index (κ1) is 22.0. The van der Waals surface area contributed by atoms with Crippen molar-refractivity contribution in [3.8, 4) is 17.3 Å². The monoisotopic (exact) mass is 478 g/mol. The second-order valence-corrected chi connectivity index (χ2v) is 8.93. The molecule has 1 aliphatic carbocycles. The number of nitrogens with zero attached hydrogens (tertiary/aromatic N) is 4. The maximum Gasteiger partial charge on any atom is 0.251 e. The summed E-state index contributed by atoms with van der Waals surface area (Å²) < 4.78 is 11.7. The Morgan fingerprint density at radius 3 is 2.88 bits per heavy atom. The van der Waals surface area contributed by atoms with Crippen LogP contribution in [0.5, 0.6) is 5.88 Å². The van der Waals surface area contributed by atoms with E-state index in [-0.39, 0.29) is 30.9 Å². The molecule has 0 spiro atoms. The molecular formula is C23H22N6O4S. The van der Waals surface area contributed by atoms with Gasteiger partial charge in [0.15, 0.2) is 5.13 Å². The Morgan fingerprint density at radius 2 is 2.12 bits per heavy atom. The molecule has 0 bridgehead atoms. The van der Waals surface area contributed by atoms with Gasteiger partial charge in [-0.3, -0.25) is 9.59 Å². The standard InChI is InChI=1S/C23H22N6O4S/c1-13-26-20(29-33-13)14-4-2-5-15(12-14)21(31)24-11-9-18(30)28-23-27-17-8-10-25-22(19(17)34-23)32-16-6-3-7-16/h2,4-5,8,10,12,16H,3,6-7,9,11H2,1H3,(H,24,31)(H,27,28,30). The van der Waals surface area contributed by atoms with Crippen molar-refractivity contribution in [2.45, 2.75) is 38.7 Å². The number of hydrogen-bond donors (Lipinski definition) is 2. The van der Waals surface area contributed by atoms with Crippen molar-refractivity contribution in [2.24, 2.45) is 0 Å². The molecule has 1 aliphatic rings. The number of rotatable bonds is 8. The van der Waals surface area contributed by atoms with Crippen LogP contribution < -0.4 is 15.4 Å². The van der Waals surface area contributed by atoms with Crippen LogP contribution >= 0.6 is 11.3 Å². The lowest BCUT2D eigenvalue weighted by Crippen LogP contribution is -2.27. The molecule has 2 N–H and O–H groups in total. The first-order chi connectivity index (χ1) is 16.5. The number of nitrogens with one attached hydrogen (secondary N) is 2. The zero-order valence-electron chi connectivity index (χ0n) is 18.4. The molecule has 3 aromatic heterocycles. The average molecular weight is 479 g/mol. The van der Waals surface area contributed by atoms with Crippen LogP contribution in [-0.4, -0.2) is 44.6 Å². The van der Waals surface area contributed by atoms with E-state index in [0.717, 1.165) is 23.1 Å². The summed E-state index contributed by atoms with van der Waals surface area (Å²) in [4.78, 5) is 37.9. The molecule has 34 heavy (non-hydrogen) atoms. The van der Waals surface area contributed by atoms with E-state index in [4.69, 9.17) is 9.26 Å². The van der Waals surface area contributed by atoms with Gasteiger partial charge in [-0.25, -0.2) is 9.97 Å². The predicted molar refractivity (Wildman–Crippen MR) is 126 cm³/mol. The lowest BCUT2D eigenvalue weighted by molar-refractivity contribution is -0.116. The van der Waals surface area contributed by atoms with Crippen LogP contribution in [0, 0.1) is 6.92 Å².